The van der Waals surface area contributed by atoms with Crippen molar-refractivity contribution in [1.82, 2.24) is 0 Å². The molecule has 1 aliphatic rings. The van der Waals surface area contributed by atoms with Gasteiger partial charge in [0.15, 0.2) is 5.75 Å². The summed E-state index contributed by atoms with van der Waals surface area (Å²) in [6.45, 7) is 2.56. The number of fused-ring (bicyclic) bond motifs is 2. The molecule has 0 unspecified atom stereocenters. The minimum Gasteiger partial charge on any atom is -0.454 e. The van der Waals surface area contributed by atoms with E-state index in [4.69, 9.17) is 4.74 Å². The van der Waals surface area contributed by atoms with Crippen LogP contribution in [0.5, 0.6) is 11.5 Å². The number of rotatable bonds is 1. The van der Waals surface area contributed by atoms with Crippen LogP contribution in [-0.2, 0) is 0 Å². The predicted molar refractivity (Wildman–Crippen MR) is 78.0 cm³/mol. The highest BCUT2D eigenvalue weighted by molar-refractivity contribution is 9.10. The maximum atomic E-state index is 12.6. The van der Waals surface area contributed by atoms with Crippen LogP contribution in [0.4, 0.5) is 5.69 Å². The number of benzene rings is 2. The zero-order valence-corrected chi connectivity index (χ0v) is 12.0. The van der Waals surface area contributed by atoms with Crippen LogP contribution in [0.3, 0.4) is 0 Å². The van der Waals surface area contributed by atoms with E-state index in [9.17, 15) is 4.79 Å². The first kappa shape index (κ1) is 12.2. The van der Waals surface area contributed by atoms with Crippen LogP contribution in [0, 0.1) is 0 Å². The Morgan fingerprint density at radius 1 is 1.16 bits per heavy atom. The number of carbonyl (C=O) groups is 1. The van der Waals surface area contributed by atoms with E-state index in [0.29, 0.717) is 23.6 Å². The van der Waals surface area contributed by atoms with Crippen LogP contribution >= 0.6 is 15.9 Å². The summed E-state index contributed by atoms with van der Waals surface area (Å²) in [6.07, 6.45) is 0. The van der Waals surface area contributed by atoms with Crippen molar-refractivity contribution >= 4 is 27.5 Å². The molecule has 0 aromatic heterocycles. The van der Waals surface area contributed by atoms with Gasteiger partial charge in [0.1, 0.15) is 5.75 Å². The van der Waals surface area contributed by atoms with E-state index in [2.05, 4.69) is 15.9 Å². The summed E-state index contributed by atoms with van der Waals surface area (Å²) in [7, 11) is 0. The van der Waals surface area contributed by atoms with Crippen LogP contribution in [0.25, 0.3) is 0 Å². The first-order chi connectivity index (χ1) is 9.20. The molecular formula is C15H12BrNO2. The molecule has 0 saturated heterocycles. The Balaban J connectivity index is 2.23. The highest BCUT2D eigenvalue weighted by atomic mass is 79.9. The van der Waals surface area contributed by atoms with E-state index >= 15 is 0 Å². The Morgan fingerprint density at radius 3 is 2.74 bits per heavy atom. The van der Waals surface area contributed by atoms with Crippen molar-refractivity contribution in [2.45, 2.75) is 6.92 Å². The monoisotopic (exact) mass is 317 g/mol. The molecule has 0 fully saturated rings. The molecule has 3 nitrogen and oxygen atoms in total. The van der Waals surface area contributed by atoms with Crippen molar-refractivity contribution in [3.05, 3.63) is 52.5 Å². The van der Waals surface area contributed by atoms with Crippen molar-refractivity contribution in [2.24, 2.45) is 0 Å². The van der Waals surface area contributed by atoms with Gasteiger partial charge < -0.3 is 9.64 Å². The summed E-state index contributed by atoms with van der Waals surface area (Å²) in [6, 6.07) is 13.1. The molecule has 19 heavy (non-hydrogen) atoms. The molecule has 0 bridgehead atoms. The summed E-state index contributed by atoms with van der Waals surface area (Å²) in [5.74, 6) is 1.26. The third-order valence-electron chi connectivity index (χ3n) is 3.11. The van der Waals surface area contributed by atoms with Gasteiger partial charge in [-0.25, -0.2) is 0 Å². The second-order valence-corrected chi connectivity index (χ2v) is 5.18. The number of nitrogens with zero attached hydrogens (tertiary/aromatic N) is 1. The molecule has 0 spiro atoms. The van der Waals surface area contributed by atoms with E-state index in [1.54, 1.807) is 11.0 Å². The Labute approximate surface area is 119 Å². The number of ether oxygens (including phenoxy) is 1. The van der Waals surface area contributed by atoms with E-state index in [1.165, 1.54) is 0 Å². The number of halogens is 1. The topological polar surface area (TPSA) is 29.5 Å². The largest absolute Gasteiger partial charge is 0.454 e. The third kappa shape index (κ3) is 2.02. The van der Waals surface area contributed by atoms with Crippen molar-refractivity contribution in [3.63, 3.8) is 0 Å². The first-order valence-electron chi connectivity index (χ1n) is 6.09. The molecule has 1 aliphatic heterocycles. The van der Waals surface area contributed by atoms with Gasteiger partial charge in [0.05, 0.1) is 11.3 Å². The molecule has 0 radical (unpaired) electrons. The lowest BCUT2D eigenvalue weighted by atomic mass is 10.1. The predicted octanol–water partition coefficient (Wildman–Crippen LogP) is 4.22. The lowest BCUT2D eigenvalue weighted by Crippen LogP contribution is -2.29. The summed E-state index contributed by atoms with van der Waals surface area (Å²) >= 11 is 3.39. The van der Waals surface area contributed by atoms with Gasteiger partial charge in [-0.2, -0.15) is 0 Å². The summed E-state index contributed by atoms with van der Waals surface area (Å²) < 4.78 is 6.74. The highest BCUT2D eigenvalue weighted by Crippen LogP contribution is 2.39. The fraction of sp³-hybridized carbons (Fsp3) is 0.133. The van der Waals surface area contributed by atoms with Gasteiger partial charge in [0.25, 0.3) is 5.91 Å². The maximum absolute atomic E-state index is 12.6. The van der Waals surface area contributed by atoms with Gasteiger partial charge in [-0.3, -0.25) is 4.79 Å². The minimum atomic E-state index is -0.0382. The molecule has 0 N–H and O–H groups in total. The fourth-order valence-electron chi connectivity index (χ4n) is 2.21. The molecule has 0 atom stereocenters. The van der Waals surface area contributed by atoms with E-state index in [0.717, 1.165) is 10.2 Å². The number of carbonyl (C=O) groups excluding carboxylic acids is 1. The minimum absolute atomic E-state index is 0.0382. The van der Waals surface area contributed by atoms with Gasteiger partial charge in [0, 0.05) is 11.0 Å². The quantitative estimate of drug-likeness (QED) is 0.788. The smallest absolute Gasteiger partial charge is 0.262 e. The Hall–Kier alpha value is -1.81. The van der Waals surface area contributed by atoms with Crippen LogP contribution in [0.15, 0.2) is 46.9 Å². The zero-order chi connectivity index (χ0) is 13.4. The van der Waals surface area contributed by atoms with Gasteiger partial charge >= 0.3 is 0 Å². The Bertz CT molecular complexity index is 654. The molecule has 1 amide bonds. The molecule has 3 rings (SSSR count). The third-order valence-corrected chi connectivity index (χ3v) is 3.60. The molecule has 4 heteroatoms. The lowest BCUT2D eigenvalue weighted by molar-refractivity contribution is 0.0988. The van der Waals surface area contributed by atoms with Crippen LogP contribution in [-0.4, -0.2) is 12.5 Å². The van der Waals surface area contributed by atoms with E-state index in [1.807, 2.05) is 43.3 Å². The molecule has 1 heterocycles. The molecule has 0 aliphatic carbocycles. The number of hydrogen-bond acceptors (Lipinski definition) is 2. The van der Waals surface area contributed by atoms with Crippen LogP contribution in [0.1, 0.15) is 17.3 Å². The van der Waals surface area contributed by atoms with Crippen molar-refractivity contribution < 1.29 is 9.53 Å². The first-order valence-corrected chi connectivity index (χ1v) is 6.88. The van der Waals surface area contributed by atoms with Gasteiger partial charge in [-0.05, 0) is 37.3 Å². The van der Waals surface area contributed by atoms with E-state index < -0.39 is 0 Å². The average molecular weight is 318 g/mol. The van der Waals surface area contributed by atoms with Gasteiger partial charge in [-0.15, -0.1) is 0 Å². The van der Waals surface area contributed by atoms with Gasteiger partial charge in [-0.1, -0.05) is 28.1 Å². The van der Waals surface area contributed by atoms with Crippen LogP contribution in [0.2, 0.25) is 0 Å². The Kier molecular flexibility index (Phi) is 3.03. The molecular weight excluding hydrogens is 306 g/mol. The van der Waals surface area contributed by atoms with Crippen molar-refractivity contribution in [2.75, 3.05) is 11.4 Å². The second-order valence-electron chi connectivity index (χ2n) is 4.26. The lowest BCUT2D eigenvalue weighted by Gasteiger charge is -2.19. The van der Waals surface area contributed by atoms with Gasteiger partial charge in [0.2, 0.25) is 0 Å². The zero-order valence-electron chi connectivity index (χ0n) is 10.4. The maximum Gasteiger partial charge on any atom is 0.262 e. The normalized spacial score (nSPS) is 13.4. The summed E-state index contributed by atoms with van der Waals surface area (Å²) in [4.78, 5) is 14.3. The average Bonchev–Trinajstić information content (AvgIpc) is 2.53. The Morgan fingerprint density at radius 2 is 1.95 bits per heavy atom. The van der Waals surface area contributed by atoms with Crippen LogP contribution < -0.4 is 9.64 Å². The molecule has 2 aromatic carbocycles. The standard InChI is InChI=1S/C15H12BrNO2/c1-2-17-12-5-3-4-6-14(12)19-13-8-7-10(16)9-11(13)15(17)18/h3-9H,2H2,1H3. The van der Waals surface area contributed by atoms with Crippen molar-refractivity contribution in [3.8, 4) is 11.5 Å². The number of para-hydroxylation sites is 2. The van der Waals surface area contributed by atoms with E-state index in [-0.39, 0.29) is 5.91 Å². The number of hydrogen-bond donors (Lipinski definition) is 0. The molecule has 96 valence electrons. The number of amides is 1. The number of anilines is 1. The molecule has 0 saturated carbocycles. The SMILES string of the molecule is CCN1C(=O)c2cc(Br)ccc2Oc2ccccc21. The molecule has 2 aromatic rings. The highest BCUT2D eigenvalue weighted by Gasteiger charge is 2.26. The fourth-order valence-corrected chi connectivity index (χ4v) is 2.57. The van der Waals surface area contributed by atoms with Crippen molar-refractivity contribution in [1.29, 1.82) is 0 Å². The summed E-state index contributed by atoms with van der Waals surface area (Å²) in [5, 5.41) is 0. The summed E-state index contributed by atoms with van der Waals surface area (Å²) in [5.41, 5.74) is 1.38. The second kappa shape index (κ2) is 4.70.